The minimum atomic E-state index is -0.210. The monoisotopic (exact) mass is 360 g/mol. The van der Waals surface area contributed by atoms with Gasteiger partial charge in [-0.25, -0.2) is 4.79 Å². The van der Waals surface area contributed by atoms with Crippen LogP contribution in [-0.2, 0) is 19.1 Å². The molecule has 4 nitrogen and oxygen atoms in total. The normalized spacial score (nSPS) is 37.0. The van der Waals surface area contributed by atoms with Crippen molar-refractivity contribution < 1.29 is 19.1 Å². The smallest absolute Gasteiger partial charge is 0.331 e. The summed E-state index contributed by atoms with van der Waals surface area (Å²) in [6.45, 7) is 11.6. The van der Waals surface area contributed by atoms with Crippen LogP contribution in [0.4, 0.5) is 0 Å². The van der Waals surface area contributed by atoms with Crippen LogP contribution in [0.2, 0.25) is 0 Å². The van der Waals surface area contributed by atoms with E-state index in [-0.39, 0.29) is 22.8 Å². The topological polar surface area (TPSA) is 52.6 Å². The molecule has 4 heteroatoms. The minimum Gasteiger partial charge on any atom is -0.465 e. The van der Waals surface area contributed by atoms with E-state index in [0.29, 0.717) is 25.0 Å². The van der Waals surface area contributed by atoms with Gasteiger partial charge in [0.25, 0.3) is 0 Å². The van der Waals surface area contributed by atoms with Crippen LogP contribution in [-0.4, -0.2) is 25.2 Å². The van der Waals surface area contributed by atoms with Crippen molar-refractivity contribution in [3.63, 3.8) is 0 Å². The molecular weight excluding hydrogens is 328 g/mol. The first-order valence-corrected chi connectivity index (χ1v) is 9.92. The summed E-state index contributed by atoms with van der Waals surface area (Å²) in [4.78, 5) is 22.7. The zero-order chi connectivity index (χ0) is 18.9. The molecule has 144 valence electrons. The van der Waals surface area contributed by atoms with Crippen LogP contribution in [0.3, 0.4) is 0 Å². The van der Waals surface area contributed by atoms with Crippen molar-refractivity contribution in [3.8, 4) is 0 Å². The maximum Gasteiger partial charge on any atom is 0.331 e. The molecule has 2 fully saturated rings. The lowest BCUT2D eigenvalue weighted by Gasteiger charge is -2.58. The Morgan fingerprint density at radius 2 is 2.15 bits per heavy atom. The molecule has 2 aliphatic carbocycles. The van der Waals surface area contributed by atoms with Gasteiger partial charge in [0.2, 0.25) is 0 Å². The number of carbonyl (C=O) groups excluding carboxylic acids is 2. The molecule has 0 amide bonds. The van der Waals surface area contributed by atoms with E-state index in [0.717, 1.165) is 37.7 Å². The maximum atomic E-state index is 11.4. The first-order chi connectivity index (χ1) is 12.2. The minimum absolute atomic E-state index is 0.0450. The van der Waals surface area contributed by atoms with E-state index in [1.54, 1.807) is 6.08 Å². The summed E-state index contributed by atoms with van der Waals surface area (Å²) in [5.41, 5.74) is 2.69. The Morgan fingerprint density at radius 3 is 2.81 bits per heavy atom. The maximum absolute atomic E-state index is 11.4. The van der Waals surface area contributed by atoms with Crippen molar-refractivity contribution >= 4 is 11.9 Å². The van der Waals surface area contributed by atoms with E-state index in [1.165, 1.54) is 25.3 Å². The first kappa shape index (κ1) is 19.2. The summed E-state index contributed by atoms with van der Waals surface area (Å²) in [6, 6.07) is 0. The van der Waals surface area contributed by atoms with Crippen molar-refractivity contribution in [2.45, 2.75) is 65.7 Å². The fourth-order valence-corrected chi connectivity index (χ4v) is 5.94. The Bertz CT molecular complexity index is 634. The van der Waals surface area contributed by atoms with Crippen LogP contribution in [0.15, 0.2) is 23.8 Å². The van der Waals surface area contributed by atoms with Crippen LogP contribution in [0.1, 0.15) is 65.7 Å². The van der Waals surface area contributed by atoms with Gasteiger partial charge in [-0.3, -0.25) is 4.79 Å². The molecule has 0 saturated heterocycles. The number of hydrogen-bond donors (Lipinski definition) is 0. The molecule has 1 unspecified atom stereocenters. The number of hydrogen-bond acceptors (Lipinski definition) is 4. The van der Waals surface area contributed by atoms with Gasteiger partial charge in [-0.05, 0) is 61.3 Å². The number of rotatable bonds is 5. The summed E-state index contributed by atoms with van der Waals surface area (Å²) in [5.74, 6) is 0.593. The SMILES string of the molecule is C=C1CCC2[C@](C)(COC(C)=O)CCC[C@@]2(C)[C@@H]1CCC1=CC(=O)OC1. The summed E-state index contributed by atoms with van der Waals surface area (Å²) >= 11 is 0. The number of allylic oxidation sites excluding steroid dienone is 1. The largest absolute Gasteiger partial charge is 0.465 e. The van der Waals surface area contributed by atoms with Crippen LogP contribution >= 0.6 is 0 Å². The number of esters is 2. The molecule has 0 aromatic carbocycles. The number of fused-ring (bicyclic) bond motifs is 1. The van der Waals surface area contributed by atoms with Crippen LogP contribution in [0, 0.1) is 22.7 Å². The highest BCUT2D eigenvalue weighted by Crippen LogP contribution is 2.62. The highest BCUT2D eigenvalue weighted by Gasteiger charge is 2.54. The second kappa shape index (κ2) is 7.21. The lowest BCUT2D eigenvalue weighted by molar-refractivity contribution is -0.152. The number of cyclic esters (lactones) is 1. The van der Waals surface area contributed by atoms with Gasteiger partial charge in [0.15, 0.2) is 0 Å². The Balaban J connectivity index is 1.77. The van der Waals surface area contributed by atoms with Gasteiger partial charge >= 0.3 is 11.9 Å². The Hall–Kier alpha value is -1.58. The van der Waals surface area contributed by atoms with Crippen LogP contribution < -0.4 is 0 Å². The van der Waals surface area contributed by atoms with E-state index in [1.807, 2.05) is 0 Å². The molecule has 1 aliphatic heterocycles. The number of carbonyl (C=O) groups is 2. The van der Waals surface area contributed by atoms with Gasteiger partial charge in [0.1, 0.15) is 6.61 Å². The molecule has 1 heterocycles. The van der Waals surface area contributed by atoms with E-state index < -0.39 is 0 Å². The molecule has 0 aromatic heterocycles. The third-order valence-electron chi connectivity index (χ3n) is 7.22. The Labute approximate surface area is 157 Å². The van der Waals surface area contributed by atoms with E-state index in [4.69, 9.17) is 9.47 Å². The highest BCUT2D eigenvalue weighted by atomic mass is 16.5. The van der Waals surface area contributed by atoms with E-state index >= 15 is 0 Å². The van der Waals surface area contributed by atoms with E-state index in [9.17, 15) is 9.59 Å². The van der Waals surface area contributed by atoms with Gasteiger partial charge in [-0.1, -0.05) is 32.4 Å². The zero-order valence-electron chi connectivity index (χ0n) is 16.4. The van der Waals surface area contributed by atoms with Crippen LogP contribution in [0.25, 0.3) is 0 Å². The molecule has 2 saturated carbocycles. The highest BCUT2D eigenvalue weighted by molar-refractivity contribution is 5.85. The molecule has 26 heavy (non-hydrogen) atoms. The summed E-state index contributed by atoms with van der Waals surface area (Å²) in [5, 5.41) is 0. The molecule has 3 rings (SSSR count). The predicted molar refractivity (Wildman–Crippen MR) is 100 cm³/mol. The molecular formula is C22H32O4. The third-order valence-corrected chi connectivity index (χ3v) is 7.22. The summed E-state index contributed by atoms with van der Waals surface area (Å²) in [6.07, 6.45) is 9.24. The zero-order valence-corrected chi connectivity index (χ0v) is 16.4. The average Bonchev–Trinajstić information content (AvgIpc) is 2.97. The molecule has 3 aliphatic rings. The van der Waals surface area contributed by atoms with Crippen molar-refractivity contribution in [3.05, 3.63) is 23.8 Å². The van der Waals surface area contributed by atoms with Crippen molar-refractivity contribution in [2.75, 3.05) is 13.2 Å². The fourth-order valence-electron chi connectivity index (χ4n) is 5.94. The van der Waals surface area contributed by atoms with Gasteiger partial charge in [-0.2, -0.15) is 0 Å². The summed E-state index contributed by atoms with van der Waals surface area (Å²) in [7, 11) is 0. The molecule has 0 N–H and O–H groups in total. The van der Waals surface area contributed by atoms with Crippen LogP contribution in [0.5, 0.6) is 0 Å². The third kappa shape index (κ3) is 3.60. The molecule has 0 radical (unpaired) electrons. The average molecular weight is 360 g/mol. The van der Waals surface area contributed by atoms with E-state index in [2.05, 4.69) is 20.4 Å². The lowest BCUT2D eigenvalue weighted by Crippen LogP contribution is -2.52. The first-order valence-electron chi connectivity index (χ1n) is 9.92. The lowest BCUT2D eigenvalue weighted by atomic mass is 9.47. The second-order valence-electron chi connectivity index (χ2n) is 9.04. The predicted octanol–water partition coefficient (Wildman–Crippen LogP) is 4.59. The van der Waals surface area contributed by atoms with Crippen molar-refractivity contribution in [1.29, 1.82) is 0 Å². The second-order valence-corrected chi connectivity index (χ2v) is 9.04. The van der Waals surface area contributed by atoms with Crippen molar-refractivity contribution in [2.24, 2.45) is 22.7 Å². The quantitative estimate of drug-likeness (QED) is 0.531. The molecule has 0 bridgehead atoms. The van der Waals surface area contributed by atoms with Crippen molar-refractivity contribution in [1.82, 2.24) is 0 Å². The fraction of sp³-hybridized carbons (Fsp3) is 0.727. The van der Waals surface area contributed by atoms with Gasteiger partial charge in [0.05, 0.1) is 6.61 Å². The Kier molecular flexibility index (Phi) is 5.32. The standard InChI is InChI=1S/C22H32O4/c1-15-6-9-19-21(3,14-26-16(2)23)10-5-11-22(19,4)18(15)8-7-17-12-20(24)25-13-17/h12,18-19H,1,5-11,13-14H2,2-4H3/t18-,19?,21+,22+/m1/s1. The summed E-state index contributed by atoms with van der Waals surface area (Å²) < 4.78 is 10.5. The molecule has 4 atom stereocenters. The van der Waals surface area contributed by atoms with Gasteiger partial charge in [0, 0.05) is 18.4 Å². The Morgan fingerprint density at radius 1 is 1.38 bits per heavy atom. The molecule has 0 aromatic rings. The molecule has 0 spiro atoms. The number of ether oxygens (including phenoxy) is 2. The van der Waals surface area contributed by atoms with Gasteiger partial charge in [-0.15, -0.1) is 0 Å². The van der Waals surface area contributed by atoms with Gasteiger partial charge < -0.3 is 9.47 Å².